The van der Waals surface area contributed by atoms with Gasteiger partial charge in [0.25, 0.3) is 0 Å². The normalized spacial score (nSPS) is 19.2. The van der Waals surface area contributed by atoms with Crippen LogP contribution in [0.25, 0.3) is 0 Å². The topological polar surface area (TPSA) is 32.7 Å². The second-order valence-corrected chi connectivity index (χ2v) is 4.10. The van der Waals surface area contributed by atoms with Crippen LogP contribution in [-0.2, 0) is 4.74 Å². The number of β-amino-alcohol motifs (C(OH)–C–C–N with tert-alkyl or cyclic N) is 1. The van der Waals surface area contributed by atoms with Crippen molar-refractivity contribution in [2.75, 3.05) is 32.8 Å². The van der Waals surface area contributed by atoms with E-state index in [1.807, 2.05) is 4.90 Å². The minimum absolute atomic E-state index is 0.399. The van der Waals surface area contributed by atoms with Gasteiger partial charge in [-0.2, -0.15) is 0 Å². The van der Waals surface area contributed by atoms with Crippen LogP contribution in [0.15, 0.2) is 18.2 Å². The van der Waals surface area contributed by atoms with Gasteiger partial charge in [0, 0.05) is 19.6 Å². The van der Waals surface area contributed by atoms with Gasteiger partial charge in [0.05, 0.1) is 19.3 Å². The molecule has 1 saturated heterocycles. The van der Waals surface area contributed by atoms with Gasteiger partial charge < -0.3 is 9.84 Å². The van der Waals surface area contributed by atoms with Crippen LogP contribution in [0.2, 0.25) is 0 Å². The minimum atomic E-state index is -0.927. The summed E-state index contributed by atoms with van der Waals surface area (Å²) in [7, 11) is 0. The standard InChI is InChI=1S/C12H15F2NO2/c13-10-2-1-9(7-11(10)14)12(16)8-15-3-5-17-6-4-15/h1-2,7,12,16H,3-6,8H2. The van der Waals surface area contributed by atoms with Crippen LogP contribution >= 0.6 is 0 Å². The molecule has 94 valence electrons. The van der Waals surface area contributed by atoms with Crippen LogP contribution in [0.4, 0.5) is 8.78 Å². The number of morpholine rings is 1. The largest absolute Gasteiger partial charge is 0.387 e. The summed E-state index contributed by atoms with van der Waals surface area (Å²) < 4.78 is 30.9. The van der Waals surface area contributed by atoms with E-state index in [-0.39, 0.29) is 0 Å². The van der Waals surface area contributed by atoms with Crippen LogP contribution in [-0.4, -0.2) is 42.9 Å². The number of aliphatic hydroxyl groups is 1. The molecule has 17 heavy (non-hydrogen) atoms. The Morgan fingerprint density at radius 3 is 2.59 bits per heavy atom. The highest BCUT2D eigenvalue weighted by Gasteiger charge is 2.17. The van der Waals surface area contributed by atoms with E-state index in [4.69, 9.17) is 4.74 Å². The number of benzene rings is 1. The summed E-state index contributed by atoms with van der Waals surface area (Å²) in [6.07, 6.45) is -0.803. The number of hydrogen-bond donors (Lipinski definition) is 1. The molecule has 0 saturated carbocycles. The van der Waals surface area contributed by atoms with E-state index in [1.54, 1.807) is 0 Å². The molecule has 0 aliphatic carbocycles. The molecule has 0 amide bonds. The molecule has 0 bridgehead atoms. The third-order valence-electron chi connectivity index (χ3n) is 2.86. The minimum Gasteiger partial charge on any atom is -0.387 e. The monoisotopic (exact) mass is 243 g/mol. The molecule has 3 nitrogen and oxygen atoms in total. The highest BCUT2D eigenvalue weighted by molar-refractivity contribution is 5.20. The van der Waals surface area contributed by atoms with Crippen molar-refractivity contribution in [1.29, 1.82) is 0 Å². The first-order valence-electron chi connectivity index (χ1n) is 5.60. The Labute approximate surface area is 98.6 Å². The second kappa shape index (κ2) is 5.53. The summed E-state index contributed by atoms with van der Waals surface area (Å²) in [5, 5.41) is 9.92. The summed E-state index contributed by atoms with van der Waals surface area (Å²) in [6.45, 7) is 3.20. The number of halogens is 2. The lowest BCUT2D eigenvalue weighted by molar-refractivity contribution is 0.0142. The first-order chi connectivity index (χ1) is 8.16. The first kappa shape index (κ1) is 12.4. The summed E-state index contributed by atoms with van der Waals surface area (Å²) in [6, 6.07) is 3.48. The summed E-state index contributed by atoms with van der Waals surface area (Å²) in [4.78, 5) is 2.04. The number of aliphatic hydroxyl groups excluding tert-OH is 1. The second-order valence-electron chi connectivity index (χ2n) is 4.10. The van der Waals surface area contributed by atoms with E-state index in [1.165, 1.54) is 6.07 Å². The molecule has 1 N–H and O–H groups in total. The van der Waals surface area contributed by atoms with Crippen molar-refractivity contribution >= 4 is 0 Å². The van der Waals surface area contributed by atoms with Crippen molar-refractivity contribution < 1.29 is 18.6 Å². The van der Waals surface area contributed by atoms with Crippen LogP contribution in [0.3, 0.4) is 0 Å². The van der Waals surface area contributed by atoms with E-state index >= 15 is 0 Å². The first-order valence-corrected chi connectivity index (χ1v) is 5.60. The Balaban J connectivity index is 1.98. The van der Waals surface area contributed by atoms with E-state index < -0.39 is 17.7 Å². The lowest BCUT2D eigenvalue weighted by Crippen LogP contribution is -2.38. The van der Waals surface area contributed by atoms with Gasteiger partial charge in [-0.3, -0.25) is 4.90 Å². The molecule has 1 aromatic carbocycles. The van der Waals surface area contributed by atoms with E-state index in [0.29, 0.717) is 25.3 Å². The van der Waals surface area contributed by atoms with Gasteiger partial charge in [-0.05, 0) is 17.7 Å². The van der Waals surface area contributed by atoms with Crippen LogP contribution in [0.1, 0.15) is 11.7 Å². The van der Waals surface area contributed by atoms with Crippen molar-refractivity contribution in [2.45, 2.75) is 6.10 Å². The van der Waals surface area contributed by atoms with Crippen molar-refractivity contribution in [3.8, 4) is 0 Å². The summed E-state index contributed by atoms with van der Waals surface area (Å²) >= 11 is 0. The predicted octanol–water partition coefficient (Wildman–Crippen LogP) is 1.33. The van der Waals surface area contributed by atoms with Crippen LogP contribution in [0, 0.1) is 11.6 Å². The third kappa shape index (κ3) is 3.21. The molecule has 1 fully saturated rings. The zero-order valence-electron chi connectivity index (χ0n) is 9.40. The molecule has 1 aliphatic heterocycles. The Hall–Kier alpha value is -1.04. The molecule has 1 aromatic rings. The SMILES string of the molecule is OC(CN1CCOCC1)c1ccc(F)c(F)c1. The van der Waals surface area contributed by atoms with Crippen molar-refractivity contribution in [3.63, 3.8) is 0 Å². The fourth-order valence-corrected chi connectivity index (χ4v) is 1.85. The Bertz CT molecular complexity index is 381. The van der Waals surface area contributed by atoms with Gasteiger partial charge in [0.15, 0.2) is 11.6 Å². The van der Waals surface area contributed by atoms with Gasteiger partial charge in [0.1, 0.15) is 0 Å². The molecule has 0 spiro atoms. The lowest BCUT2D eigenvalue weighted by Gasteiger charge is -2.28. The van der Waals surface area contributed by atoms with Gasteiger partial charge in [-0.15, -0.1) is 0 Å². The highest BCUT2D eigenvalue weighted by Crippen LogP contribution is 2.17. The highest BCUT2D eigenvalue weighted by atomic mass is 19.2. The molecule has 1 unspecified atom stereocenters. The molecule has 1 atom stereocenters. The smallest absolute Gasteiger partial charge is 0.159 e. The third-order valence-corrected chi connectivity index (χ3v) is 2.86. The quantitative estimate of drug-likeness (QED) is 0.869. The van der Waals surface area contributed by atoms with E-state index in [2.05, 4.69) is 0 Å². The van der Waals surface area contributed by atoms with Gasteiger partial charge in [0.2, 0.25) is 0 Å². The molecular weight excluding hydrogens is 228 g/mol. The fourth-order valence-electron chi connectivity index (χ4n) is 1.85. The molecule has 5 heteroatoms. The van der Waals surface area contributed by atoms with Crippen LogP contribution < -0.4 is 0 Å². The molecule has 1 heterocycles. The maximum Gasteiger partial charge on any atom is 0.159 e. The number of hydrogen-bond acceptors (Lipinski definition) is 3. The van der Waals surface area contributed by atoms with Gasteiger partial charge in [-0.25, -0.2) is 8.78 Å². The van der Waals surface area contributed by atoms with E-state index in [9.17, 15) is 13.9 Å². The van der Waals surface area contributed by atoms with Gasteiger partial charge in [-0.1, -0.05) is 6.07 Å². The predicted molar refractivity (Wildman–Crippen MR) is 58.6 cm³/mol. The Kier molecular flexibility index (Phi) is 4.04. The average molecular weight is 243 g/mol. The number of ether oxygens (including phenoxy) is 1. The van der Waals surface area contributed by atoms with Crippen LogP contribution in [0.5, 0.6) is 0 Å². The Morgan fingerprint density at radius 1 is 1.24 bits per heavy atom. The number of nitrogens with zero attached hydrogens (tertiary/aromatic N) is 1. The molecule has 2 rings (SSSR count). The molecule has 0 aromatic heterocycles. The summed E-state index contributed by atoms with van der Waals surface area (Å²) in [5.41, 5.74) is 0.399. The molecule has 0 radical (unpaired) electrons. The maximum atomic E-state index is 13.0. The van der Waals surface area contributed by atoms with Crippen molar-refractivity contribution in [2.24, 2.45) is 0 Å². The zero-order valence-corrected chi connectivity index (χ0v) is 9.40. The van der Waals surface area contributed by atoms with Crippen molar-refractivity contribution in [3.05, 3.63) is 35.4 Å². The zero-order chi connectivity index (χ0) is 12.3. The average Bonchev–Trinajstić information content (AvgIpc) is 2.34. The van der Waals surface area contributed by atoms with Crippen molar-refractivity contribution in [1.82, 2.24) is 4.90 Å². The number of rotatable bonds is 3. The lowest BCUT2D eigenvalue weighted by atomic mass is 10.1. The van der Waals surface area contributed by atoms with Gasteiger partial charge >= 0.3 is 0 Å². The molecular formula is C12H15F2NO2. The Morgan fingerprint density at radius 2 is 1.94 bits per heavy atom. The fraction of sp³-hybridized carbons (Fsp3) is 0.500. The maximum absolute atomic E-state index is 13.0. The summed E-state index contributed by atoms with van der Waals surface area (Å²) in [5.74, 6) is -1.82. The van der Waals surface area contributed by atoms with E-state index in [0.717, 1.165) is 25.2 Å². The molecule has 1 aliphatic rings.